The lowest BCUT2D eigenvalue weighted by atomic mass is 9.80. The highest BCUT2D eigenvalue weighted by atomic mass is 16.5. The molecule has 0 aromatic heterocycles. The fraction of sp³-hybridized carbons (Fsp3) is 0.889. The molecule has 2 nitrogen and oxygen atoms in total. The van der Waals surface area contributed by atoms with Crippen molar-refractivity contribution in [1.29, 1.82) is 0 Å². The van der Waals surface area contributed by atoms with Gasteiger partial charge in [0.15, 0.2) is 0 Å². The molecular formula is C27H52O2. The van der Waals surface area contributed by atoms with Crippen molar-refractivity contribution in [3.63, 3.8) is 0 Å². The summed E-state index contributed by atoms with van der Waals surface area (Å²) in [4.78, 5) is 12.3. The van der Waals surface area contributed by atoms with Gasteiger partial charge in [0.25, 0.3) is 0 Å². The highest BCUT2D eigenvalue weighted by Gasteiger charge is 2.20. The molecule has 2 atom stereocenters. The molecule has 0 fully saturated rings. The van der Waals surface area contributed by atoms with Gasteiger partial charge in [-0.25, -0.2) is 0 Å². The molecule has 29 heavy (non-hydrogen) atoms. The summed E-state index contributed by atoms with van der Waals surface area (Å²) >= 11 is 0. The van der Waals surface area contributed by atoms with Crippen molar-refractivity contribution in [2.75, 3.05) is 6.61 Å². The topological polar surface area (TPSA) is 26.3 Å². The van der Waals surface area contributed by atoms with Gasteiger partial charge in [-0.05, 0) is 55.3 Å². The van der Waals surface area contributed by atoms with Gasteiger partial charge in [0.2, 0.25) is 0 Å². The molecule has 0 aromatic carbocycles. The Morgan fingerprint density at radius 3 is 2.14 bits per heavy atom. The van der Waals surface area contributed by atoms with E-state index in [1.807, 2.05) is 0 Å². The van der Waals surface area contributed by atoms with E-state index in [1.54, 1.807) is 0 Å². The molecule has 0 aliphatic rings. The molecular weight excluding hydrogens is 356 g/mol. The van der Waals surface area contributed by atoms with Crippen LogP contribution >= 0.6 is 0 Å². The molecule has 0 amide bonds. The number of carbonyl (C=O) groups excluding carboxylic acids is 1. The maximum absolute atomic E-state index is 12.3. The number of hydrogen-bond donors (Lipinski definition) is 0. The number of rotatable bonds is 18. The van der Waals surface area contributed by atoms with Gasteiger partial charge in [-0.3, -0.25) is 4.79 Å². The van der Waals surface area contributed by atoms with Gasteiger partial charge >= 0.3 is 5.97 Å². The zero-order valence-corrected chi connectivity index (χ0v) is 20.9. The van der Waals surface area contributed by atoms with Crippen LogP contribution in [-0.4, -0.2) is 12.6 Å². The lowest BCUT2D eigenvalue weighted by molar-refractivity contribution is -0.145. The van der Waals surface area contributed by atoms with Crippen molar-refractivity contribution in [1.82, 2.24) is 0 Å². The first-order valence-corrected chi connectivity index (χ1v) is 12.5. The molecule has 0 radical (unpaired) electrons. The van der Waals surface area contributed by atoms with Crippen LogP contribution in [-0.2, 0) is 9.53 Å². The van der Waals surface area contributed by atoms with Crippen molar-refractivity contribution >= 4 is 5.97 Å². The Morgan fingerprint density at radius 1 is 0.897 bits per heavy atom. The molecule has 2 heteroatoms. The van der Waals surface area contributed by atoms with E-state index in [2.05, 4.69) is 60.6 Å². The van der Waals surface area contributed by atoms with Crippen LogP contribution < -0.4 is 0 Å². The summed E-state index contributed by atoms with van der Waals surface area (Å²) in [5.41, 5.74) is 0.564. The quantitative estimate of drug-likeness (QED) is 0.128. The number of ether oxygens (including phenoxy) is 1. The summed E-state index contributed by atoms with van der Waals surface area (Å²) in [6.07, 6.45) is 19.4. The molecule has 0 rings (SSSR count). The Kier molecular flexibility index (Phi) is 15.5. The number of esters is 1. The monoisotopic (exact) mass is 408 g/mol. The molecule has 0 aromatic rings. The number of unbranched alkanes of at least 4 members (excludes halogenated alkanes) is 3. The first kappa shape index (κ1) is 28.2. The predicted molar refractivity (Wildman–Crippen MR) is 128 cm³/mol. The number of allylic oxidation sites excluding steroid dienone is 2. The first-order valence-electron chi connectivity index (χ1n) is 12.5. The van der Waals surface area contributed by atoms with Crippen LogP contribution in [0.1, 0.15) is 132 Å². The molecule has 0 aliphatic carbocycles. The maximum atomic E-state index is 12.3. The standard InChI is InChI=1S/C27H52O2/c1-8-12-14-18-24(17-13-9-2)23-29-25(28)19-15-21-27(7,11-4)22-16-20-26(5,6)10-3/h16,22,24H,8-15,17-21,23H2,1-7H3/b22-16-. The van der Waals surface area contributed by atoms with E-state index in [0.29, 0.717) is 24.4 Å². The van der Waals surface area contributed by atoms with E-state index in [1.165, 1.54) is 51.4 Å². The highest BCUT2D eigenvalue weighted by molar-refractivity contribution is 5.69. The summed E-state index contributed by atoms with van der Waals surface area (Å²) in [7, 11) is 0. The smallest absolute Gasteiger partial charge is 0.305 e. The van der Waals surface area contributed by atoms with Gasteiger partial charge in [-0.1, -0.05) is 99.1 Å². The summed E-state index contributed by atoms with van der Waals surface area (Å²) in [6, 6.07) is 0. The van der Waals surface area contributed by atoms with Crippen molar-refractivity contribution in [3.05, 3.63) is 12.2 Å². The second kappa shape index (κ2) is 16.0. The fourth-order valence-corrected chi connectivity index (χ4v) is 3.59. The third-order valence-electron chi connectivity index (χ3n) is 6.75. The Hall–Kier alpha value is -0.790. The summed E-state index contributed by atoms with van der Waals surface area (Å²) in [5.74, 6) is 0.549. The zero-order valence-electron chi connectivity index (χ0n) is 20.9. The van der Waals surface area contributed by atoms with Crippen LogP contribution in [0.3, 0.4) is 0 Å². The molecule has 0 saturated carbocycles. The third kappa shape index (κ3) is 14.8. The lowest BCUT2D eigenvalue weighted by Gasteiger charge is -2.26. The van der Waals surface area contributed by atoms with Crippen LogP contribution in [0.2, 0.25) is 0 Å². The van der Waals surface area contributed by atoms with Crippen LogP contribution in [0.25, 0.3) is 0 Å². The lowest BCUT2D eigenvalue weighted by Crippen LogP contribution is -2.16. The molecule has 2 unspecified atom stereocenters. The average molecular weight is 409 g/mol. The minimum Gasteiger partial charge on any atom is -0.465 e. The normalized spacial score (nSPS) is 15.4. The van der Waals surface area contributed by atoms with Gasteiger partial charge in [-0.2, -0.15) is 0 Å². The Bertz CT molecular complexity index is 438. The molecule has 172 valence electrons. The second-order valence-corrected chi connectivity index (χ2v) is 10.2. The Balaban J connectivity index is 4.32. The number of hydrogen-bond acceptors (Lipinski definition) is 2. The number of carbonyl (C=O) groups is 1. The molecule has 0 aliphatic heterocycles. The van der Waals surface area contributed by atoms with E-state index in [9.17, 15) is 4.79 Å². The molecule has 0 heterocycles. The summed E-state index contributed by atoms with van der Waals surface area (Å²) in [5, 5.41) is 0. The Morgan fingerprint density at radius 2 is 1.55 bits per heavy atom. The molecule has 0 N–H and O–H groups in total. The summed E-state index contributed by atoms with van der Waals surface area (Å²) < 4.78 is 5.66. The van der Waals surface area contributed by atoms with Gasteiger partial charge < -0.3 is 4.74 Å². The second-order valence-electron chi connectivity index (χ2n) is 10.2. The van der Waals surface area contributed by atoms with E-state index in [-0.39, 0.29) is 11.4 Å². The fourth-order valence-electron chi connectivity index (χ4n) is 3.59. The van der Waals surface area contributed by atoms with Crippen molar-refractivity contribution in [3.8, 4) is 0 Å². The first-order chi connectivity index (χ1) is 13.7. The van der Waals surface area contributed by atoms with Crippen LogP contribution in [0.15, 0.2) is 12.2 Å². The predicted octanol–water partition coefficient (Wildman–Crippen LogP) is 8.89. The largest absolute Gasteiger partial charge is 0.465 e. The van der Waals surface area contributed by atoms with Gasteiger partial charge in [0, 0.05) is 6.42 Å². The van der Waals surface area contributed by atoms with E-state index in [4.69, 9.17) is 4.74 Å². The van der Waals surface area contributed by atoms with Crippen LogP contribution in [0, 0.1) is 16.7 Å². The SMILES string of the molecule is CCCCCC(CCCC)COC(=O)CCCC(C)(/C=C\CC(C)(C)CC)CC. The van der Waals surface area contributed by atoms with Gasteiger partial charge in [0.05, 0.1) is 6.61 Å². The van der Waals surface area contributed by atoms with Crippen LogP contribution in [0.5, 0.6) is 0 Å². The Labute approximate surface area is 183 Å². The van der Waals surface area contributed by atoms with Crippen LogP contribution in [0.4, 0.5) is 0 Å². The minimum atomic E-state index is -0.00320. The highest BCUT2D eigenvalue weighted by Crippen LogP contribution is 2.32. The average Bonchev–Trinajstić information content (AvgIpc) is 2.69. The van der Waals surface area contributed by atoms with E-state index in [0.717, 1.165) is 25.7 Å². The molecule has 0 bridgehead atoms. The molecule has 0 saturated heterocycles. The summed E-state index contributed by atoms with van der Waals surface area (Å²) in [6.45, 7) is 16.6. The minimum absolute atomic E-state index is 0.00320. The van der Waals surface area contributed by atoms with E-state index >= 15 is 0 Å². The maximum Gasteiger partial charge on any atom is 0.305 e. The van der Waals surface area contributed by atoms with Crippen molar-refractivity contribution in [2.24, 2.45) is 16.7 Å². The van der Waals surface area contributed by atoms with Gasteiger partial charge in [-0.15, -0.1) is 0 Å². The molecule has 0 spiro atoms. The van der Waals surface area contributed by atoms with Crippen molar-refractivity contribution < 1.29 is 9.53 Å². The third-order valence-corrected chi connectivity index (χ3v) is 6.75. The van der Waals surface area contributed by atoms with Gasteiger partial charge in [0.1, 0.15) is 0 Å². The van der Waals surface area contributed by atoms with E-state index < -0.39 is 0 Å². The van der Waals surface area contributed by atoms with Crippen molar-refractivity contribution in [2.45, 2.75) is 132 Å². The zero-order chi connectivity index (χ0) is 22.2.